The molecule has 9 heteroatoms. The first-order valence-electron chi connectivity index (χ1n) is 3.50. The van der Waals surface area contributed by atoms with Crippen molar-refractivity contribution in [2.45, 2.75) is 6.42 Å². The van der Waals surface area contributed by atoms with E-state index in [0.717, 1.165) is 0 Å². The van der Waals surface area contributed by atoms with Gasteiger partial charge in [-0.05, 0) is 12.9 Å². The van der Waals surface area contributed by atoms with Gasteiger partial charge in [-0.15, -0.1) is 0 Å². The van der Waals surface area contributed by atoms with Gasteiger partial charge >= 0.3 is 58.4 Å². The van der Waals surface area contributed by atoms with E-state index in [0.29, 0.717) is 10.7 Å². The molecule has 0 N–H and O–H groups in total. The molecule has 0 amide bonds. The molecule has 0 unspecified atom stereocenters. The van der Waals surface area contributed by atoms with Crippen molar-refractivity contribution < 1.29 is 72.7 Å². The summed E-state index contributed by atoms with van der Waals surface area (Å²) in [7, 11) is -3.59. The summed E-state index contributed by atoms with van der Waals surface area (Å²) < 4.78 is 57.7. The maximum Gasteiger partial charge on any atom is 1.00 e. The van der Waals surface area contributed by atoms with Crippen molar-refractivity contribution in [3.05, 3.63) is 0 Å². The summed E-state index contributed by atoms with van der Waals surface area (Å²) in [4.78, 5) is 0. The van der Waals surface area contributed by atoms with Gasteiger partial charge in [0.05, 0.1) is 5.75 Å². The number of rotatable bonds is 2. The zero-order valence-electron chi connectivity index (χ0n) is 7.21. The number of hydrogen-bond donors (Lipinski definition) is 0. The minimum Gasteiger partial charge on any atom is -0.448 e. The SMILES string of the molecule is O=S1(=O)CCCN1C[B-](F)(F)F.[K+]. The molecule has 1 heterocycles. The minimum absolute atomic E-state index is 0. The molecule has 1 aliphatic rings. The van der Waals surface area contributed by atoms with E-state index in [4.69, 9.17) is 0 Å². The van der Waals surface area contributed by atoms with E-state index < -0.39 is 23.4 Å². The monoisotopic (exact) mass is 241 g/mol. The normalized spacial score (nSPS) is 22.7. The molecule has 0 spiro atoms. The van der Waals surface area contributed by atoms with Crippen LogP contribution >= 0.6 is 0 Å². The van der Waals surface area contributed by atoms with Crippen molar-refractivity contribution in [1.82, 2.24) is 4.31 Å². The van der Waals surface area contributed by atoms with Gasteiger partial charge < -0.3 is 12.9 Å². The van der Waals surface area contributed by atoms with Crippen molar-refractivity contribution in [1.29, 1.82) is 0 Å². The first-order chi connectivity index (χ1) is 5.31. The van der Waals surface area contributed by atoms with Crippen LogP contribution in [-0.2, 0) is 10.0 Å². The largest absolute Gasteiger partial charge is 1.00 e. The van der Waals surface area contributed by atoms with Gasteiger partial charge in [-0.25, -0.2) is 12.7 Å². The van der Waals surface area contributed by atoms with Gasteiger partial charge in [-0.3, -0.25) is 0 Å². The maximum absolute atomic E-state index is 11.8. The molecule has 1 saturated heterocycles. The Kier molecular flexibility index (Phi) is 5.49. The molecule has 0 aromatic heterocycles. The van der Waals surface area contributed by atoms with E-state index in [1.807, 2.05) is 0 Å². The molecule has 0 aromatic rings. The first-order valence-corrected chi connectivity index (χ1v) is 5.11. The van der Waals surface area contributed by atoms with Crippen LogP contribution in [0.4, 0.5) is 12.9 Å². The summed E-state index contributed by atoms with van der Waals surface area (Å²) in [6.07, 6.45) is -0.989. The van der Waals surface area contributed by atoms with Crippen LogP contribution in [0.15, 0.2) is 0 Å². The van der Waals surface area contributed by atoms with Gasteiger partial charge in [-0.2, -0.15) is 0 Å². The topological polar surface area (TPSA) is 37.4 Å². The first kappa shape index (κ1) is 14.4. The van der Waals surface area contributed by atoms with E-state index >= 15 is 0 Å². The zero-order chi connectivity index (χ0) is 9.41. The Hall–Kier alpha value is 1.40. The van der Waals surface area contributed by atoms with Crippen molar-refractivity contribution >= 4 is 17.0 Å². The van der Waals surface area contributed by atoms with E-state index in [2.05, 4.69) is 0 Å². The Balaban J connectivity index is 0.00000144. The number of nitrogens with zero attached hydrogens (tertiary/aromatic N) is 1. The van der Waals surface area contributed by atoms with E-state index in [1.54, 1.807) is 0 Å². The Labute approximate surface area is 118 Å². The Morgan fingerprint density at radius 3 is 2.15 bits per heavy atom. The van der Waals surface area contributed by atoms with Crippen molar-refractivity contribution in [3.8, 4) is 0 Å². The third-order valence-electron chi connectivity index (χ3n) is 1.61. The minimum atomic E-state index is -5.03. The molecule has 1 aliphatic heterocycles. The van der Waals surface area contributed by atoms with Crippen LogP contribution in [0.3, 0.4) is 0 Å². The summed E-state index contributed by atoms with van der Waals surface area (Å²) >= 11 is 0. The molecule has 0 atom stereocenters. The van der Waals surface area contributed by atoms with Crippen LogP contribution < -0.4 is 51.4 Å². The van der Waals surface area contributed by atoms with Gasteiger partial charge in [0.15, 0.2) is 0 Å². The fraction of sp³-hybridized carbons (Fsp3) is 1.00. The molecule has 0 aliphatic carbocycles. The fourth-order valence-electron chi connectivity index (χ4n) is 1.13. The molecular weight excluding hydrogens is 233 g/mol. The van der Waals surface area contributed by atoms with Crippen LogP contribution in [0.1, 0.15) is 6.42 Å². The Morgan fingerprint density at radius 2 is 1.85 bits per heavy atom. The summed E-state index contributed by atoms with van der Waals surface area (Å²) in [5.74, 6) is -0.154. The third-order valence-corrected chi connectivity index (χ3v) is 3.54. The van der Waals surface area contributed by atoms with E-state index in [9.17, 15) is 21.4 Å². The maximum atomic E-state index is 11.8. The molecule has 0 radical (unpaired) electrons. The molecule has 0 bridgehead atoms. The van der Waals surface area contributed by atoms with Crippen LogP contribution in [-0.4, -0.2) is 38.4 Å². The van der Waals surface area contributed by atoms with Crippen LogP contribution in [0.2, 0.25) is 0 Å². The molecule has 3 nitrogen and oxygen atoms in total. The smallest absolute Gasteiger partial charge is 0.448 e. The summed E-state index contributed by atoms with van der Waals surface area (Å²) in [5, 5.41) is 0. The second-order valence-corrected chi connectivity index (χ2v) is 4.83. The molecular formula is C4H8BF3KNO2S. The van der Waals surface area contributed by atoms with Crippen LogP contribution in [0, 0.1) is 0 Å². The quantitative estimate of drug-likeness (QED) is 0.498. The predicted molar refractivity (Wildman–Crippen MR) is 39.1 cm³/mol. The molecule has 0 saturated carbocycles. The Bertz CT molecular complexity index is 267. The van der Waals surface area contributed by atoms with Gasteiger partial charge in [0.2, 0.25) is 10.0 Å². The van der Waals surface area contributed by atoms with Crippen molar-refractivity contribution in [2.24, 2.45) is 0 Å². The standard InChI is InChI=1S/C4H8BF3NO2S.K/c6-5(7,8)4-9-2-1-3-12(9,10)11;/h1-4H2;/q-1;+1. The van der Waals surface area contributed by atoms with Crippen molar-refractivity contribution in [2.75, 3.05) is 18.7 Å². The summed E-state index contributed by atoms with van der Waals surface area (Å²) in [5.41, 5.74) is 0. The number of halogens is 3. The van der Waals surface area contributed by atoms with Gasteiger partial charge in [0.1, 0.15) is 0 Å². The fourth-order valence-corrected chi connectivity index (χ4v) is 2.68. The molecule has 0 aromatic carbocycles. The second kappa shape index (κ2) is 4.95. The van der Waals surface area contributed by atoms with Crippen LogP contribution in [0.5, 0.6) is 0 Å². The molecule has 72 valence electrons. The van der Waals surface area contributed by atoms with Crippen molar-refractivity contribution in [3.63, 3.8) is 0 Å². The van der Waals surface area contributed by atoms with Gasteiger partial charge in [-0.1, -0.05) is 0 Å². The summed E-state index contributed by atoms with van der Waals surface area (Å²) in [6.45, 7) is -5.03. The average molecular weight is 241 g/mol. The van der Waals surface area contributed by atoms with Gasteiger partial charge in [0, 0.05) is 6.54 Å². The molecule has 13 heavy (non-hydrogen) atoms. The third kappa shape index (κ3) is 4.63. The molecule has 1 rings (SSSR count). The number of sulfonamides is 1. The molecule has 1 fully saturated rings. The van der Waals surface area contributed by atoms with E-state index in [-0.39, 0.29) is 63.7 Å². The Morgan fingerprint density at radius 1 is 1.31 bits per heavy atom. The summed E-state index contributed by atoms with van der Waals surface area (Å²) in [6, 6.07) is 0. The van der Waals surface area contributed by atoms with Crippen LogP contribution in [0.25, 0.3) is 0 Å². The predicted octanol–water partition coefficient (Wildman–Crippen LogP) is -2.59. The average Bonchev–Trinajstić information content (AvgIpc) is 2.07. The second-order valence-electron chi connectivity index (χ2n) is 2.74. The van der Waals surface area contributed by atoms with E-state index in [1.165, 1.54) is 0 Å². The zero-order valence-corrected chi connectivity index (χ0v) is 11.2. The van der Waals surface area contributed by atoms with Gasteiger partial charge in [0.25, 0.3) is 0 Å². The number of hydrogen-bond acceptors (Lipinski definition) is 2.